The van der Waals surface area contributed by atoms with Crippen molar-refractivity contribution < 1.29 is 25.1 Å². The van der Waals surface area contributed by atoms with Crippen LogP contribution in [0.1, 0.15) is 340 Å². The molecular weight excluding hydrogens is 963 g/mol. The zero-order valence-corrected chi connectivity index (χ0v) is 50.6. The van der Waals surface area contributed by atoms with Crippen molar-refractivity contribution in [2.45, 2.75) is 330 Å². The predicted octanol–water partition coefficient (Wildman–Crippen LogP) is 24.5. The SMILES string of the molecule is CCCCCC1=C(c2cccc(CCCC)c2)[N+](=[N-])C(c2cccc(CCCC)c2)=C1CCCC.[CH2-]CCCCCCCCCCCCCCCCC.[CH2-]CCCCCCCCCCCCCCCCC.[Pd+2]. The Hall–Kier alpha value is -1.82. The number of hydrogen-bond acceptors (Lipinski definition) is 0. The van der Waals surface area contributed by atoms with Gasteiger partial charge >= 0.3 is 20.4 Å². The summed E-state index contributed by atoms with van der Waals surface area (Å²) < 4.78 is 1.55. The first-order valence-corrected chi connectivity index (χ1v) is 31.7. The number of rotatable bonds is 45. The smallest absolute Gasteiger partial charge is 0.493 e. The van der Waals surface area contributed by atoms with Crippen LogP contribution in [-0.4, -0.2) is 4.70 Å². The second-order valence-electron chi connectivity index (χ2n) is 21.7. The van der Waals surface area contributed by atoms with E-state index in [-0.39, 0.29) is 20.4 Å². The summed E-state index contributed by atoms with van der Waals surface area (Å²) in [6.45, 7) is 21.4. The minimum absolute atomic E-state index is 0. The molecule has 0 aromatic heterocycles. The first-order valence-electron chi connectivity index (χ1n) is 31.7. The summed E-state index contributed by atoms with van der Waals surface area (Å²) in [5, 5.41) is 0. The van der Waals surface area contributed by atoms with Gasteiger partial charge in [-0.05, 0) is 86.8 Å². The second kappa shape index (κ2) is 52.6. The quantitative estimate of drug-likeness (QED) is 0.0273. The third kappa shape index (κ3) is 35.4. The molecule has 3 heteroatoms. The van der Waals surface area contributed by atoms with Crippen LogP contribution in [0.25, 0.3) is 16.9 Å². The molecule has 2 aromatic rings. The van der Waals surface area contributed by atoms with E-state index in [0.29, 0.717) is 0 Å². The van der Waals surface area contributed by atoms with Crippen molar-refractivity contribution >= 4 is 11.4 Å². The fraction of sp³-hybridized carbons (Fsp3) is 0.739. The third-order valence-electron chi connectivity index (χ3n) is 14.9. The van der Waals surface area contributed by atoms with E-state index in [2.05, 4.69) is 104 Å². The van der Waals surface area contributed by atoms with Gasteiger partial charge in [0.05, 0.1) is 0 Å². The fourth-order valence-corrected chi connectivity index (χ4v) is 10.3. The summed E-state index contributed by atoms with van der Waals surface area (Å²) >= 11 is 0. The van der Waals surface area contributed by atoms with Crippen LogP contribution in [0.15, 0.2) is 59.7 Å². The first kappa shape index (κ1) is 70.2. The first-order chi connectivity index (χ1) is 35.0. The Morgan fingerprint density at radius 2 is 0.569 bits per heavy atom. The molecule has 0 aliphatic carbocycles. The van der Waals surface area contributed by atoms with Crippen LogP contribution < -0.4 is 0 Å². The van der Waals surface area contributed by atoms with Crippen molar-refractivity contribution in [1.82, 2.24) is 0 Å². The molecule has 1 aliphatic rings. The summed E-state index contributed by atoms with van der Waals surface area (Å²) in [6.07, 6.45) is 60.6. The molecule has 416 valence electrons. The Kier molecular flexibility index (Phi) is 51.3. The minimum atomic E-state index is 0. The molecule has 72 heavy (non-hydrogen) atoms. The normalized spacial score (nSPS) is 12.2. The largest absolute Gasteiger partial charge is 2.00 e. The summed E-state index contributed by atoms with van der Waals surface area (Å²) in [7, 11) is 0. The van der Waals surface area contributed by atoms with Crippen molar-refractivity contribution in [3.63, 3.8) is 0 Å². The van der Waals surface area contributed by atoms with Crippen molar-refractivity contribution in [3.05, 3.63) is 101 Å². The van der Waals surface area contributed by atoms with E-state index in [1.54, 1.807) is 4.70 Å². The summed E-state index contributed by atoms with van der Waals surface area (Å²) in [4.78, 5) is 0. The van der Waals surface area contributed by atoms with Gasteiger partial charge < -0.3 is 19.4 Å². The van der Waals surface area contributed by atoms with E-state index in [4.69, 9.17) is 0 Å². The number of hydrogen-bond donors (Lipinski definition) is 0. The molecule has 0 fully saturated rings. The Morgan fingerprint density at radius 3 is 0.861 bits per heavy atom. The van der Waals surface area contributed by atoms with Gasteiger partial charge in [-0.15, -0.1) is 0 Å². The van der Waals surface area contributed by atoms with Crippen molar-refractivity contribution in [2.24, 2.45) is 0 Å². The number of aryl methyl sites for hydroxylation is 2. The van der Waals surface area contributed by atoms with Gasteiger partial charge in [0.25, 0.3) is 0 Å². The molecule has 0 radical (unpaired) electrons. The molecule has 0 saturated carbocycles. The maximum absolute atomic E-state index is 11.8. The number of nitrogens with zero attached hydrogens (tertiary/aromatic N) is 2. The molecule has 0 unspecified atom stereocenters. The number of unbranched alkanes of at least 4 members (excludes halogenated alkanes) is 35. The topological polar surface area (TPSA) is 25.3 Å². The van der Waals surface area contributed by atoms with Crippen LogP contribution in [0.3, 0.4) is 0 Å². The molecule has 1 heterocycles. The maximum atomic E-state index is 11.8. The molecule has 0 N–H and O–H groups in total. The van der Waals surface area contributed by atoms with Crippen LogP contribution in [-0.2, 0) is 33.3 Å². The second-order valence-corrected chi connectivity index (χ2v) is 21.7. The van der Waals surface area contributed by atoms with Crippen LogP contribution >= 0.6 is 0 Å². The van der Waals surface area contributed by atoms with E-state index in [1.807, 2.05) is 0 Å². The average Bonchev–Trinajstić information content (AvgIpc) is 3.67. The average molecular weight is 1080 g/mol. The molecule has 2 aromatic carbocycles. The van der Waals surface area contributed by atoms with E-state index in [9.17, 15) is 5.53 Å². The molecule has 2 nitrogen and oxygen atoms in total. The van der Waals surface area contributed by atoms with E-state index in [0.717, 1.165) is 80.3 Å². The number of benzene rings is 2. The van der Waals surface area contributed by atoms with Crippen molar-refractivity contribution in [3.8, 4) is 0 Å². The van der Waals surface area contributed by atoms with Crippen LogP contribution in [0.5, 0.6) is 0 Å². The van der Waals surface area contributed by atoms with Gasteiger partial charge in [0, 0.05) is 22.3 Å². The predicted molar refractivity (Wildman–Crippen MR) is 321 cm³/mol. The Labute approximate surface area is 465 Å². The molecule has 0 bridgehead atoms. The van der Waals surface area contributed by atoms with Gasteiger partial charge in [0.15, 0.2) is 0 Å². The molecule has 3 rings (SSSR count). The Bertz CT molecular complexity index is 1500. The van der Waals surface area contributed by atoms with Crippen LogP contribution in [0.2, 0.25) is 0 Å². The maximum Gasteiger partial charge on any atom is 2.00 e. The molecule has 0 spiro atoms. The Morgan fingerprint density at radius 1 is 0.319 bits per heavy atom. The minimum Gasteiger partial charge on any atom is -0.493 e. The molecule has 1 aliphatic heterocycles. The van der Waals surface area contributed by atoms with Gasteiger partial charge in [-0.3, -0.25) is 0 Å². The summed E-state index contributed by atoms with van der Waals surface area (Å²) in [6, 6.07) is 17.8. The van der Waals surface area contributed by atoms with Gasteiger partial charge in [0.2, 0.25) is 11.4 Å². The van der Waals surface area contributed by atoms with Gasteiger partial charge in [-0.2, -0.15) is 12.8 Å². The summed E-state index contributed by atoms with van der Waals surface area (Å²) in [5.41, 5.74) is 21.6. The van der Waals surface area contributed by atoms with E-state index in [1.165, 1.54) is 253 Å². The van der Waals surface area contributed by atoms with Crippen molar-refractivity contribution in [1.29, 1.82) is 0 Å². The molecule has 0 saturated heterocycles. The zero-order valence-electron chi connectivity index (χ0n) is 49.1. The van der Waals surface area contributed by atoms with E-state index >= 15 is 0 Å². The zero-order chi connectivity index (χ0) is 51.7. The van der Waals surface area contributed by atoms with Crippen molar-refractivity contribution in [2.75, 3.05) is 0 Å². The number of allylic oxidation sites excluding steroid dienone is 2. The fourth-order valence-electron chi connectivity index (χ4n) is 10.3. The van der Waals surface area contributed by atoms with Gasteiger partial charge in [0.1, 0.15) is 0 Å². The van der Waals surface area contributed by atoms with E-state index < -0.39 is 0 Å². The molecular formula is C69H120N2Pd. The molecule has 0 atom stereocenters. The Balaban J connectivity index is 0.00000116. The summed E-state index contributed by atoms with van der Waals surface area (Å²) in [5.74, 6) is 0. The van der Waals surface area contributed by atoms with Crippen LogP contribution in [0.4, 0.5) is 0 Å². The molecule has 0 amide bonds. The van der Waals surface area contributed by atoms with Gasteiger partial charge in [-0.25, -0.2) is 4.70 Å². The standard InChI is InChI=1S/C33H46N2.2C18H37.Pd/c1-5-9-13-23-31-30(22-12-8-4)32(28-20-14-18-26(24-28)16-10-6-2)35(34)33(31)29-21-15-19-27(25-29)17-11-7-3;2*1-3-5-7-9-11-13-15-17-18-16-14-12-10-8-6-4-2;/h14-15,18-21,24-25H,5-13,16-17,22-23H2,1-4H3;2*1,3-18H2,2H3;/q;2*-1;+2. The van der Waals surface area contributed by atoms with Gasteiger partial charge in [-0.1, -0.05) is 291 Å². The van der Waals surface area contributed by atoms with Crippen LogP contribution in [0, 0.1) is 13.8 Å². The monoisotopic (exact) mass is 1080 g/mol. The third-order valence-corrected chi connectivity index (χ3v) is 14.9.